The average Bonchev–Trinajstić information content (AvgIpc) is 3.15. The number of hydrogen-bond donors (Lipinski definition) is 2. The average molecular weight is 444 g/mol. The molecule has 3 aromatic rings. The van der Waals surface area contributed by atoms with E-state index in [-0.39, 0.29) is 17.3 Å². The SMILES string of the molecule is Cc1c(NC(=O)CSc2nnc(Nc3ccc(C(C)C)cc3)s2)cccc1[N+](=O)[O-]. The maximum atomic E-state index is 12.2. The summed E-state index contributed by atoms with van der Waals surface area (Å²) in [6, 6.07) is 12.7. The van der Waals surface area contributed by atoms with Gasteiger partial charge in [-0.1, -0.05) is 55.1 Å². The molecule has 1 amide bonds. The number of benzene rings is 2. The molecule has 0 saturated heterocycles. The van der Waals surface area contributed by atoms with Crippen LogP contribution in [0.25, 0.3) is 0 Å². The van der Waals surface area contributed by atoms with Crippen molar-refractivity contribution in [3.05, 3.63) is 63.7 Å². The molecular weight excluding hydrogens is 422 g/mol. The van der Waals surface area contributed by atoms with Gasteiger partial charge in [0.25, 0.3) is 5.69 Å². The van der Waals surface area contributed by atoms with Crippen LogP contribution in [0.5, 0.6) is 0 Å². The molecular formula is C20H21N5O3S2. The van der Waals surface area contributed by atoms with Gasteiger partial charge in [0.15, 0.2) is 4.34 Å². The van der Waals surface area contributed by atoms with E-state index in [1.165, 1.54) is 34.7 Å². The monoisotopic (exact) mass is 443 g/mol. The number of anilines is 3. The van der Waals surface area contributed by atoms with Crippen LogP contribution in [0.15, 0.2) is 46.8 Å². The van der Waals surface area contributed by atoms with E-state index in [9.17, 15) is 14.9 Å². The molecule has 2 N–H and O–H groups in total. The Bertz CT molecular complexity index is 1050. The van der Waals surface area contributed by atoms with Crippen LogP contribution in [-0.2, 0) is 4.79 Å². The van der Waals surface area contributed by atoms with Crippen molar-refractivity contribution in [3.8, 4) is 0 Å². The molecule has 2 aromatic carbocycles. The van der Waals surface area contributed by atoms with Gasteiger partial charge in [-0.25, -0.2) is 0 Å². The lowest BCUT2D eigenvalue weighted by atomic mass is 10.0. The fraction of sp³-hybridized carbons (Fsp3) is 0.250. The minimum absolute atomic E-state index is 0.0262. The lowest BCUT2D eigenvalue weighted by Crippen LogP contribution is -2.15. The molecule has 3 rings (SSSR count). The Labute approximate surface area is 182 Å². The highest BCUT2D eigenvalue weighted by atomic mass is 32.2. The van der Waals surface area contributed by atoms with Crippen molar-refractivity contribution in [1.82, 2.24) is 10.2 Å². The largest absolute Gasteiger partial charge is 0.330 e. The topological polar surface area (TPSA) is 110 Å². The van der Waals surface area contributed by atoms with Crippen LogP contribution in [0.4, 0.5) is 22.2 Å². The minimum Gasteiger partial charge on any atom is -0.330 e. The van der Waals surface area contributed by atoms with Gasteiger partial charge in [0.05, 0.1) is 21.9 Å². The van der Waals surface area contributed by atoms with E-state index in [4.69, 9.17) is 0 Å². The summed E-state index contributed by atoms with van der Waals surface area (Å²) in [6.45, 7) is 5.90. The Kier molecular flexibility index (Phi) is 7.01. The summed E-state index contributed by atoms with van der Waals surface area (Å²) < 4.78 is 0.655. The fourth-order valence-corrected chi connectivity index (χ4v) is 4.24. The van der Waals surface area contributed by atoms with Gasteiger partial charge < -0.3 is 10.6 Å². The number of carbonyl (C=O) groups excluding carboxylic acids is 1. The van der Waals surface area contributed by atoms with Gasteiger partial charge in [0, 0.05) is 11.8 Å². The Morgan fingerprint density at radius 2 is 1.93 bits per heavy atom. The second-order valence-electron chi connectivity index (χ2n) is 6.82. The molecule has 0 fully saturated rings. The second kappa shape index (κ2) is 9.68. The third kappa shape index (κ3) is 5.55. The van der Waals surface area contributed by atoms with Crippen molar-refractivity contribution >= 4 is 51.2 Å². The lowest BCUT2D eigenvalue weighted by Gasteiger charge is -2.07. The maximum absolute atomic E-state index is 12.2. The van der Waals surface area contributed by atoms with Crippen molar-refractivity contribution < 1.29 is 9.72 Å². The van der Waals surface area contributed by atoms with Crippen molar-refractivity contribution in [2.45, 2.75) is 31.0 Å². The fourth-order valence-electron chi connectivity index (χ4n) is 2.66. The predicted molar refractivity (Wildman–Crippen MR) is 121 cm³/mol. The third-order valence-electron chi connectivity index (χ3n) is 4.34. The molecule has 8 nitrogen and oxygen atoms in total. The van der Waals surface area contributed by atoms with Gasteiger partial charge in [-0.2, -0.15) is 0 Å². The van der Waals surface area contributed by atoms with Gasteiger partial charge >= 0.3 is 0 Å². The minimum atomic E-state index is -0.466. The summed E-state index contributed by atoms with van der Waals surface area (Å²) >= 11 is 2.62. The molecule has 0 atom stereocenters. The third-order valence-corrected chi connectivity index (χ3v) is 6.31. The Morgan fingerprint density at radius 3 is 2.60 bits per heavy atom. The summed E-state index contributed by atoms with van der Waals surface area (Å²) in [5, 5.41) is 25.8. The number of nitro groups is 1. The number of hydrogen-bond acceptors (Lipinski definition) is 8. The van der Waals surface area contributed by atoms with Crippen LogP contribution >= 0.6 is 23.1 Å². The highest BCUT2D eigenvalue weighted by molar-refractivity contribution is 8.01. The number of rotatable bonds is 8. The zero-order chi connectivity index (χ0) is 21.7. The summed E-state index contributed by atoms with van der Waals surface area (Å²) in [7, 11) is 0. The van der Waals surface area contributed by atoms with E-state index in [0.717, 1.165) is 5.69 Å². The van der Waals surface area contributed by atoms with E-state index < -0.39 is 4.92 Å². The van der Waals surface area contributed by atoms with Crippen molar-refractivity contribution in [2.24, 2.45) is 0 Å². The van der Waals surface area contributed by atoms with E-state index in [1.807, 2.05) is 12.1 Å². The maximum Gasteiger partial charge on any atom is 0.274 e. The molecule has 1 aromatic heterocycles. The molecule has 10 heteroatoms. The number of aromatic nitrogens is 2. The molecule has 0 unspecified atom stereocenters. The molecule has 0 aliphatic heterocycles. The second-order valence-corrected chi connectivity index (χ2v) is 9.02. The first-order valence-corrected chi connectivity index (χ1v) is 11.0. The van der Waals surface area contributed by atoms with Gasteiger partial charge in [0.1, 0.15) is 0 Å². The number of carbonyl (C=O) groups is 1. The molecule has 0 aliphatic rings. The lowest BCUT2D eigenvalue weighted by molar-refractivity contribution is -0.385. The van der Waals surface area contributed by atoms with Gasteiger partial charge in [-0.15, -0.1) is 10.2 Å². The van der Waals surface area contributed by atoms with Crippen LogP contribution in [0.2, 0.25) is 0 Å². The molecule has 1 heterocycles. The Balaban J connectivity index is 1.54. The normalized spacial score (nSPS) is 10.8. The molecule has 30 heavy (non-hydrogen) atoms. The van der Waals surface area contributed by atoms with E-state index in [2.05, 4.69) is 46.8 Å². The van der Waals surface area contributed by atoms with E-state index >= 15 is 0 Å². The highest BCUT2D eigenvalue weighted by Gasteiger charge is 2.15. The molecule has 156 valence electrons. The first kappa shape index (κ1) is 21.7. The van der Waals surface area contributed by atoms with Gasteiger partial charge in [-0.05, 0) is 36.6 Å². The van der Waals surface area contributed by atoms with Crippen molar-refractivity contribution in [1.29, 1.82) is 0 Å². The zero-order valence-electron chi connectivity index (χ0n) is 16.7. The molecule has 0 bridgehead atoms. The smallest absolute Gasteiger partial charge is 0.274 e. The van der Waals surface area contributed by atoms with E-state index in [1.54, 1.807) is 19.1 Å². The number of nitrogens with zero attached hydrogens (tertiary/aromatic N) is 3. The molecule has 0 radical (unpaired) electrons. The molecule has 0 aliphatic carbocycles. The Hall–Kier alpha value is -2.98. The summed E-state index contributed by atoms with van der Waals surface area (Å²) in [5.74, 6) is 0.331. The van der Waals surface area contributed by atoms with Gasteiger partial charge in [0.2, 0.25) is 11.0 Å². The summed E-state index contributed by atoms with van der Waals surface area (Å²) in [4.78, 5) is 22.8. The first-order chi connectivity index (χ1) is 14.3. The number of thioether (sulfide) groups is 1. The standard InChI is InChI=1S/C20H21N5O3S2/c1-12(2)14-7-9-15(10-8-14)21-19-23-24-20(30-19)29-11-18(26)22-16-5-4-6-17(13(16)3)25(27)28/h4-10,12H,11H2,1-3H3,(H,21,23)(H,22,26). The van der Waals surface area contributed by atoms with Crippen LogP contribution in [0.3, 0.4) is 0 Å². The van der Waals surface area contributed by atoms with Crippen LogP contribution in [0, 0.1) is 17.0 Å². The summed E-state index contributed by atoms with van der Waals surface area (Å²) in [5.41, 5.74) is 3.01. The highest BCUT2D eigenvalue weighted by Crippen LogP contribution is 2.29. The van der Waals surface area contributed by atoms with Crippen molar-refractivity contribution in [2.75, 3.05) is 16.4 Å². The van der Waals surface area contributed by atoms with Crippen LogP contribution in [-0.4, -0.2) is 26.8 Å². The quantitative estimate of drug-likeness (QED) is 0.274. The first-order valence-electron chi connectivity index (χ1n) is 9.20. The van der Waals surface area contributed by atoms with Crippen molar-refractivity contribution in [3.63, 3.8) is 0 Å². The number of amides is 1. The Morgan fingerprint density at radius 1 is 1.20 bits per heavy atom. The van der Waals surface area contributed by atoms with Crippen LogP contribution < -0.4 is 10.6 Å². The molecule has 0 saturated carbocycles. The molecule has 0 spiro atoms. The summed E-state index contributed by atoms with van der Waals surface area (Å²) in [6.07, 6.45) is 0. The van der Waals surface area contributed by atoms with E-state index in [0.29, 0.717) is 26.6 Å². The number of nitrogens with one attached hydrogen (secondary N) is 2. The predicted octanol–water partition coefficient (Wildman–Crippen LogP) is 5.35. The van der Waals surface area contributed by atoms with Gasteiger partial charge in [-0.3, -0.25) is 14.9 Å². The number of nitro benzene ring substituents is 1. The van der Waals surface area contributed by atoms with Crippen LogP contribution in [0.1, 0.15) is 30.9 Å². The zero-order valence-corrected chi connectivity index (χ0v) is 18.3.